The highest BCUT2D eigenvalue weighted by molar-refractivity contribution is 9.10. The average molecular weight is 361 g/mol. The van der Waals surface area contributed by atoms with Crippen molar-refractivity contribution >= 4 is 33.4 Å². The molecule has 2 rings (SSSR count). The van der Waals surface area contributed by atoms with Gasteiger partial charge in [0.15, 0.2) is 5.69 Å². The van der Waals surface area contributed by atoms with Crippen LogP contribution >= 0.6 is 15.9 Å². The van der Waals surface area contributed by atoms with E-state index in [4.69, 9.17) is 0 Å². The topological polar surface area (TPSA) is 49.8 Å². The van der Waals surface area contributed by atoms with Crippen molar-refractivity contribution in [2.45, 2.75) is 13.1 Å². The normalized spacial score (nSPS) is 11.3. The molecule has 2 N–H and O–H groups in total. The van der Waals surface area contributed by atoms with Crippen LogP contribution in [-0.2, 0) is 6.18 Å². The van der Waals surface area contributed by atoms with Crippen molar-refractivity contribution in [3.8, 4) is 0 Å². The molecule has 0 spiro atoms. The second-order valence-electron chi connectivity index (χ2n) is 4.12. The predicted molar refractivity (Wildman–Crippen MR) is 78.6 cm³/mol. The van der Waals surface area contributed by atoms with Gasteiger partial charge in [0.2, 0.25) is 5.95 Å². The van der Waals surface area contributed by atoms with E-state index in [2.05, 4.69) is 36.5 Å². The smallest absolute Gasteiger partial charge is 0.354 e. The van der Waals surface area contributed by atoms with Gasteiger partial charge in [0.05, 0.1) is 0 Å². The van der Waals surface area contributed by atoms with Crippen molar-refractivity contribution in [2.75, 3.05) is 17.2 Å². The maximum atomic E-state index is 12.8. The SMILES string of the molecule is CCNc1nc(Nc2ccc(Br)cc2)cc(C(F)(F)F)n1. The highest BCUT2D eigenvalue weighted by atomic mass is 79.9. The van der Waals surface area contributed by atoms with Crippen LogP contribution in [-0.4, -0.2) is 16.5 Å². The fraction of sp³-hybridized carbons (Fsp3) is 0.231. The summed E-state index contributed by atoms with van der Waals surface area (Å²) in [5, 5.41) is 5.52. The molecule has 0 amide bonds. The van der Waals surface area contributed by atoms with Gasteiger partial charge in [-0.25, -0.2) is 4.98 Å². The summed E-state index contributed by atoms with van der Waals surface area (Å²) in [5.74, 6) is 0.0162. The van der Waals surface area contributed by atoms with Crippen molar-refractivity contribution in [1.82, 2.24) is 9.97 Å². The Labute approximate surface area is 127 Å². The molecule has 0 saturated carbocycles. The Kier molecular flexibility index (Phi) is 4.66. The maximum absolute atomic E-state index is 12.8. The van der Waals surface area contributed by atoms with E-state index in [1.165, 1.54) is 0 Å². The van der Waals surface area contributed by atoms with Crippen LogP contribution in [0, 0.1) is 0 Å². The number of hydrogen-bond donors (Lipinski definition) is 2. The molecule has 0 aliphatic heterocycles. The maximum Gasteiger partial charge on any atom is 0.433 e. The van der Waals surface area contributed by atoms with Gasteiger partial charge in [0.25, 0.3) is 0 Å². The zero-order chi connectivity index (χ0) is 15.5. The predicted octanol–water partition coefficient (Wildman–Crippen LogP) is 4.43. The van der Waals surface area contributed by atoms with Crippen LogP contribution in [0.2, 0.25) is 0 Å². The van der Waals surface area contributed by atoms with Crippen LogP contribution < -0.4 is 10.6 Å². The molecule has 4 nitrogen and oxygen atoms in total. The van der Waals surface area contributed by atoms with E-state index in [0.29, 0.717) is 12.2 Å². The summed E-state index contributed by atoms with van der Waals surface area (Å²) in [6.45, 7) is 2.19. The van der Waals surface area contributed by atoms with E-state index < -0.39 is 11.9 Å². The van der Waals surface area contributed by atoms with Gasteiger partial charge in [-0.3, -0.25) is 0 Å². The number of hydrogen-bond acceptors (Lipinski definition) is 4. The van der Waals surface area contributed by atoms with Crippen molar-refractivity contribution in [3.63, 3.8) is 0 Å². The summed E-state index contributed by atoms with van der Waals surface area (Å²) >= 11 is 3.29. The van der Waals surface area contributed by atoms with Crippen LogP contribution in [0.4, 0.5) is 30.6 Å². The van der Waals surface area contributed by atoms with Crippen molar-refractivity contribution in [3.05, 3.63) is 40.5 Å². The third-order valence-electron chi connectivity index (χ3n) is 2.47. The van der Waals surface area contributed by atoms with Gasteiger partial charge in [0.1, 0.15) is 5.82 Å². The third kappa shape index (κ3) is 4.32. The van der Waals surface area contributed by atoms with Crippen molar-refractivity contribution in [2.24, 2.45) is 0 Å². The second-order valence-corrected chi connectivity index (χ2v) is 5.04. The number of rotatable bonds is 4. The Balaban J connectivity index is 2.33. The lowest BCUT2D eigenvalue weighted by atomic mass is 10.3. The van der Waals surface area contributed by atoms with Gasteiger partial charge < -0.3 is 10.6 Å². The third-order valence-corrected chi connectivity index (χ3v) is 3.00. The van der Waals surface area contributed by atoms with E-state index in [9.17, 15) is 13.2 Å². The van der Waals surface area contributed by atoms with Gasteiger partial charge in [-0.05, 0) is 31.2 Å². The summed E-state index contributed by atoms with van der Waals surface area (Å²) in [5.41, 5.74) is -0.361. The number of aromatic nitrogens is 2. The molecule has 8 heteroatoms. The van der Waals surface area contributed by atoms with Crippen LogP contribution in [0.15, 0.2) is 34.8 Å². The Morgan fingerprint density at radius 2 is 1.81 bits per heavy atom. The number of alkyl halides is 3. The molecule has 1 aromatic carbocycles. The molecule has 0 bridgehead atoms. The fourth-order valence-electron chi connectivity index (χ4n) is 1.57. The first-order valence-corrected chi connectivity index (χ1v) is 6.90. The van der Waals surface area contributed by atoms with Gasteiger partial charge in [0, 0.05) is 22.8 Å². The van der Waals surface area contributed by atoms with Crippen molar-refractivity contribution < 1.29 is 13.2 Å². The highest BCUT2D eigenvalue weighted by Gasteiger charge is 2.33. The molecular weight excluding hydrogens is 349 g/mol. The molecule has 0 unspecified atom stereocenters. The largest absolute Gasteiger partial charge is 0.433 e. The van der Waals surface area contributed by atoms with Gasteiger partial charge in [-0.15, -0.1) is 0 Å². The monoisotopic (exact) mass is 360 g/mol. The van der Waals surface area contributed by atoms with E-state index in [1.54, 1.807) is 31.2 Å². The number of anilines is 3. The molecule has 112 valence electrons. The molecule has 0 saturated heterocycles. The molecule has 0 fully saturated rings. The van der Waals surface area contributed by atoms with Gasteiger partial charge in [-0.2, -0.15) is 18.2 Å². The van der Waals surface area contributed by atoms with Crippen molar-refractivity contribution in [1.29, 1.82) is 0 Å². The van der Waals surface area contributed by atoms with E-state index >= 15 is 0 Å². The van der Waals surface area contributed by atoms with E-state index in [1.807, 2.05) is 0 Å². The molecule has 21 heavy (non-hydrogen) atoms. The number of nitrogens with zero attached hydrogens (tertiary/aromatic N) is 2. The minimum absolute atomic E-state index is 0.0630. The molecule has 1 heterocycles. The number of benzene rings is 1. The lowest BCUT2D eigenvalue weighted by Gasteiger charge is -2.12. The Hall–Kier alpha value is -1.83. The Morgan fingerprint density at radius 1 is 1.14 bits per heavy atom. The summed E-state index contributed by atoms with van der Waals surface area (Å²) in [6, 6.07) is 7.89. The van der Waals surface area contributed by atoms with Crippen LogP contribution in [0.5, 0.6) is 0 Å². The molecule has 1 aromatic heterocycles. The number of nitrogens with one attached hydrogen (secondary N) is 2. The minimum Gasteiger partial charge on any atom is -0.354 e. The Morgan fingerprint density at radius 3 is 2.38 bits per heavy atom. The van der Waals surface area contributed by atoms with E-state index in [0.717, 1.165) is 10.5 Å². The molecule has 2 aromatic rings. The van der Waals surface area contributed by atoms with E-state index in [-0.39, 0.29) is 11.8 Å². The summed E-state index contributed by atoms with van der Waals surface area (Å²) in [4.78, 5) is 7.46. The first kappa shape index (κ1) is 15.6. The minimum atomic E-state index is -4.52. The fourth-order valence-corrected chi connectivity index (χ4v) is 1.84. The highest BCUT2D eigenvalue weighted by Crippen LogP contribution is 2.30. The summed E-state index contributed by atoms with van der Waals surface area (Å²) < 4.78 is 39.4. The zero-order valence-corrected chi connectivity index (χ0v) is 12.6. The van der Waals surface area contributed by atoms with Gasteiger partial charge in [-0.1, -0.05) is 15.9 Å². The summed E-state index contributed by atoms with van der Waals surface area (Å²) in [7, 11) is 0. The lowest BCUT2D eigenvalue weighted by molar-refractivity contribution is -0.141. The molecular formula is C13H12BrF3N4. The van der Waals surface area contributed by atoms with Crippen LogP contribution in [0.3, 0.4) is 0 Å². The first-order valence-electron chi connectivity index (χ1n) is 6.11. The molecule has 0 radical (unpaired) electrons. The lowest BCUT2D eigenvalue weighted by Crippen LogP contribution is -2.13. The zero-order valence-electron chi connectivity index (χ0n) is 11.0. The summed E-state index contributed by atoms with van der Waals surface area (Å²) in [6.07, 6.45) is -4.52. The average Bonchev–Trinajstić information content (AvgIpc) is 2.41. The molecule has 0 aliphatic rings. The molecule has 0 aliphatic carbocycles. The Bertz CT molecular complexity index is 614. The van der Waals surface area contributed by atoms with Gasteiger partial charge >= 0.3 is 6.18 Å². The van der Waals surface area contributed by atoms with Crippen LogP contribution in [0.25, 0.3) is 0 Å². The second kappa shape index (κ2) is 6.30. The quantitative estimate of drug-likeness (QED) is 0.846. The number of halogens is 4. The van der Waals surface area contributed by atoms with Crippen LogP contribution in [0.1, 0.15) is 12.6 Å². The standard InChI is InChI=1S/C13H12BrF3N4/c1-2-18-12-20-10(13(15,16)17)7-11(21-12)19-9-5-3-8(14)4-6-9/h3-7H,2H2,1H3,(H2,18,19,20,21). The molecule has 0 atom stereocenters. The first-order chi connectivity index (χ1) is 9.88.